The van der Waals surface area contributed by atoms with Crippen molar-refractivity contribution in [1.29, 1.82) is 0 Å². The summed E-state index contributed by atoms with van der Waals surface area (Å²) in [5, 5.41) is 3.48. The summed E-state index contributed by atoms with van der Waals surface area (Å²) >= 11 is 3.56. The molecule has 0 aliphatic heterocycles. The second-order valence-corrected chi connectivity index (χ2v) is 5.81. The van der Waals surface area contributed by atoms with Crippen LogP contribution in [-0.4, -0.2) is 33.4 Å². The molecule has 0 aliphatic carbocycles. The molecule has 0 spiro atoms. The number of ether oxygens (including phenoxy) is 1. The lowest BCUT2D eigenvalue weighted by molar-refractivity contribution is 0.183. The van der Waals surface area contributed by atoms with Crippen LogP contribution in [-0.2, 0) is 4.74 Å². The van der Waals surface area contributed by atoms with E-state index in [9.17, 15) is 0 Å². The van der Waals surface area contributed by atoms with Gasteiger partial charge in [0.2, 0.25) is 0 Å². The highest BCUT2D eigenvalue weighted by Crippen LogP contribution is 2.30. The van der Waals surface area contributed by atoms with Crippen molar-refractivity contribution in [3.8, 4) is 0 Å². The van der Waals surface area contributed by atoms with Gasteiger partial charge >= 0.3 is 0 Å². The van der Waals surface area contributed by atoms with E-state index in [4.69, 9.17) is 4.74 Å². The lowest BCUT2D eigenvalue weighted by Gasteiger charge is -2.30. The Morgan fingerprint density at radius 3 is 2.63 bits per heavy atom. The van der Waals surface area contributed by atoms with E-state index in [1.807, 2.05) is 0 Å². The lowest BCUT2D eigenvalue weighted by Crippen LogP contribution is -2.34. The highest BCUT2D eigenvalue weighted by Gasteiger charge is 2.17. The summed E-state index contributed by atoms with van der Waals surface area (Å²) in [6.07, 6.45) is 0. The Hall–Kier alpha value is -0.580. The molecule has 0 radical (unpaired) electrons. The van der Waals surface area contributed by atoms with Crippen LogP contribution in [0.25, 0.3) is 0 Å². The molecule has 4 heteroatoms. The molecule has 0 bridgehead atoms. The third-order valence-corrected chi connectivity index (χ3v) is 3.91. The third-order valence-electron chi connectivity index (χ3n) is 3.42. The lowest BCUT2D eigenvalue weighted by atomic mass is 10.0. The van der Waals surface area contributed by atoms with Crippen LogP contribution in [0.3, 0.4) is 0 Å². The van der Waals surface area contributed by atoms with Crippen molar-refractivity contribution in [2.75, 3.05) is 32.2 Å². The summed E-state index contributed by atoms with van der Waals surface area (Å²) in [6.45, 7) is 8.19. The van der Waals surface area contributed by atoms with Gasteiger partial charge in [-0.05, 0) is 44.2 Å². The van der Waals surface area contributed by atoms with E-state index in [2.05, 4.69) is 72.2 Å². The van der Waals surface area contributed by atoms with Crippen LogP contribution in [0.1, 0.15) is 32.4 Å². The van der Waals surface area contributed by atoms with Crippen LogP contribution >= 0.6 is 15.9 Å². The molecule has 1 rings (SSSR count). The first-order chi connectivity index (χ1) is 9.01. The minimum atomic E-state index is 0.328. The summed E-state index contributed by atoms with van der Waals surface area (Å²) < 4.78 is 6.37. The molecule has 0 saturated heterocycles. The van der Waals surface area contributed by atoms with E-state index in [-0.39, 0.29) is 0 Å². The minimum absolute atomic E-state index is 0.328. The topological polar surface area (TPSA) is 24.5 Å². The average molecular weight is 329 g/mol. The van der Waals surface area contributed by atoms with Crippen LogP contribution < -0.4 is 10.2 Å². The quantitative estimate of drug-likeness (QED) is 0.827. The Kier molecular flexibility index (Phi) is 6.83. The number of likely N-dealkylation sites (N-methyl/N-ethyl adjacent to an activating group) is 1. The van der Waals surface area contributed by atoms with Gasteiger partial charge in [0, 0.05) is 36.4 Å². The van der Waals surface area contributed by atoms with Gasteiger partial charge in [-0.25, -0.2) is 0 Å². The van der Waals surface area contributed by atoms with Gasteiger partial charge in [0.05, 0.1) is 6.61 Å². The Morgan fingerprint density at radius 1 is 1.37 bits per heavy atom. The first-order valence-corrected chi connectivity index (χ1v) is 7.55. The van der Waals surface area contributed by atoms with Crippen molar-refractivity contribution in [3.63, 3.8) is 0 Å². The molecule has 0 amide bonds. The van der Waals surface area contributed by atoms with Crippen molar-refractivity contribution < 1.29 is 4.74 Å². The summed E-state index contributed by atoms with van der Waals surface area (Å²) in [5.41, 5.74) is 2.56. The van der Waals surface area contributed by atoms with Gasteiger partial charge in [0.15, 0.2) is 0 Å². The molecule has 0 heterocycles. The normalized spacial score (nSPS) is 14.2. The fourth-order valence-electron chi connectivity index (χ4n) is 2.20. The number of hydrogen-bond donors (Lipinski definition) is 1. The second-order valence-electron chi connectivity index (χ2n) is 4.90. The molecular formula is C15H25BrN2O. The van der Waals surface area contributed by atoms with Gasteiger partial charge in [0.25, 0.3) is 0 Å². The molecule has 108 valence electrons. The molecule has 1 N–H and O–H groups in total. The summed E-state index contributed by atoms with van der Waals surface area (Å²) in [7, 11) is 3.86. The fourth-order valence-corrected chi connectivity index (χ4v) is 2.58. The average Bonchev–Trinajstić information content (AvgIpc) is 2.38. The first kappa shape index (κ1) is 16.5. The van der Waals surface area contributed by atoms with Crippen LogP contribution in [0.5, 0.6) is 0 Å². The van der Waals surface area contributed by atoms with Crippen LogP contribution in [0.2, 0.25) is 0 Å². The number of benzene rings is 1. The van der Waals surface area contributed by atoms with Crippen molar-refractivity contribution in [2.45, 2.75) is 32.9 Å². The maximum atomic E-state index is 5.25. The zero-order valence-corrected chi connectivity index (χ0v) is 14.1. The van der Waals surface area contributed by atoms with E-state index in [0.717, 1.165) is 17.6 Å². The monoisotopic (exact) mass is 328 g/mol. The van der Waals surface area contributed by atoms with E-state index < -0.39 is 0 Å². The molecule has 0 saturated carbocycles. The van der Waals surface area contributed by atoms with Gasteiger partial charge in [0.1, 0.15) is 0 Å². The van der Waals surface area contributed by atoms with E-state index >= 15 is 0 Å². The zero-order valence-electron chi connectivity index (χ0n) is 12.5. The molecule has 2 unspecified atom stereocenters. The number of methoxy groups -OCH3 is 1. The first-order valence-electron chi connectivity index (χ1n) is 6.75. The maximum Gasteiger partial charge on any atom is 0.0663 e. The number of hydrogen-bond acceptors (Lipinski definition) is 3. The Balaban J connectivity index is 3.05. The molecule has 0 fully saturated rings. The molecule has 2 atom stereocenters. The van der Waals surface area contributed by atoms with Crippen molar-refractivity contribution in [1.82, 2.24) is 5.32 Å². The van der Waals surface area contributed by atoms with Gasteiger partial charge in [-0.2, -0.15) is 0 Å². The Morgan fingerprint density at radius 2 is 2.05 bits per heavy atom. The molecule has 0 aliphatic rings. The Bertz CT molecular complexity index is 398. The SMILES string of the molecule is CCNC(C)c1cc(Br)ccc1N(C)C(C)COC. The summed E-state index contributed by atoms with van der Waals surface area (Å²) in [6, 6.07) is 7.12. The number of anilines is 1. The number of nitrogens with zero attached hydrogens (tertiary/aromatic N) is 1. The number of halogens is 1. The molecule has 0 aromatic heterocycles. The zero-order chi connectivity index (χ0) is 14.4. The van der Waals surface area contributed by atoms with Crippen LogP contribution in [0.4, 0.5) is 5.69 Å². The number of rotatable bonds is 7. The third kappa shape index (κ3) is 4.48. The van der Waals surface area contributed by atoms with E-state index in [0.29, 0.717) is 12.1 Å². The minimum Gasteiger partial charge on any atom is -0.383 e. The molecule has 19 heavy (non-hydrogen) atoms. The maximum absolute atomic E-state index is 5.25. The van der Waals surface area contributed by atoms with Gasteiger partial charge in [-0.15, -0.1) is 0 Å². The summed E-state index contributed by atoms with van der Waals surface area (Å²) in [5.74, 6) is 0. The van der Waals surface area contributed by atoms with E-state index in [1.54, 1.807) is 7.11 Å². The Labute approximate surface area is 125 Å². The standard InChI is InChI=1S/C15H25BrN2O/c1-6-17-12(3)14-9-13(16)7-8-15(14)18(4)11(2)10-19-5/h7-9,11-12,17H,6,10H2,1-5H3. The van der Waals surface area contributed by atoms with Crippen molar-refractivity contribution >= 4 is 21.6 Å². The fraction of sp³-hybridized carbons (Fsp3) is 0.600. The highest BCUT2D eigenvalue weighted by molar-refractivity contribution is 9.10. The van der Waals surface area contributed by atoms with Gasteiger partial charge in [-0.3, -0.25) is 0 Å². The second kappa shape index (κ2) is 7.88. The molecular weight excluding hydrogens is 304 g/mol. The summed E-state index contributed by atoms with van der Waals surface area (Å²) in [4.78, 5) is 2.28. The largest absolute Gasteiger partial charge is 0.383 e. The van der Waals surface area contributed by atoms with Crippen molar-refractivity contribution in [2.24, 2.45) is 0 Å². The van der Waals surface area contributed by atoms with Crippen LogP contribution in [0, 0.1) is 0 Å². The van der Waals surface area contributed by atoms with E-state index in [1.165, 1.54) is 11.3 Å². The molecule has 3 nitrogen and oxygen atoms in total. The predicted molar refractivity (Wildman–Crippen MR) is 86.0 cm³/mol. The van der Waals surface area contributed by atoms with Crippen molar-refractivity contribution in [3.05, 3.63) is 28.2 Å². The molecule has 1 aromatic carbocycles. The molecule has 1 aromatic rings. The van der Waals surface area contributed by atoms with Gasteiger partial charge < -0.3 is 15.0 Å². The van der Waals surface area contributed by atoms with Gasteiger partial charge in [-0.1, -0.05) is 22.9 Å². The number of nitrogens with one attached hydrogen (secondary N) is 1. The van der Waals surface area contributed by atoms with Crippen LogP contribution in [0.15, 0.2) is 22.7 Å². The smallest absolute Gasteiger partial charge is 0.0663 e. The highest BCUT2D eigenvalue weighted by atomic mass is 79.9. The predicted octanol–water partition coefficient (Wildman–Crippen LogP) is 3.59.